The zero-order valence-electron chi connectivity index (χ0n) is 29.2. The van der Waals surface area contributed by atoms with Crippen molar-refractivity contribution in [2.24, 2.45) is 0 Å². The fraction of sp³-hybridized carbons (Fsp3) is 0.444. The van der Waals surface area contributed by atoms with E-state index in [4.69, 9.17) is 62.7 Å². The van der Waals surface area contributed by atoms with Crippen LogP contribution in [0, 0.1) is 21.2 Å². The molecule has 2 N–H and O–H groups in total. The monoisotopic (exact) mass is 1080 g/mol. The molecule has 0 radical (unpaired) electrons. The van der Waals surface area contributed by atoms with E-state index < -0.39 is 0 Å². The van der Waals surface area contributed by atoms with E-state index in [9.17, 15) is 14.7 Å². The predicted molar refractivity (Wildman–Crippen MR) is 243 cm³/mol. The third kappa shape index (κ3) is 13.3. The molecule has 2 saturated heterocycles. The highest BCUT2D eigenvalue weighted by molar-refractivity contribution is 14.1. The van der Waals surface area contributed by atoms with E-state index in [-0.39, 0.29) is 45.7 Å². The van der Waals surface area contributed by atoms with Gasteiger partial charge < -0.3 is 29.4 Å². The summed E-state index contributed by atoms with van der Waals surface area (Å²) < 4.78 is 8.50. The van der Waals surface area contributed by atoms with E-state index in [1.807, 2.05) is 49.1 Å². The van der Waals surface area contributed by atoms with E-state index >= 15 is 0 Å². The van der Waals surface area contributed by atoms with Gasteiger partial charge in [-0.2, -0.15) is 10.2 Å². The van der Waals surface area contributed by atoms with Crippen molar-refractivity contribution in [1.29, 1.82) is 0 Å². The van der Waals surface area contributed by atoms with Gasteiger partial charge in [-0.15, -0.1) is 11.6 Å². The number of piperazine rings is 2. The van der Waals surface area contributed by atoms with Crippen LogP contribution in [0.1, 0.15) is 31.8 Å². The quantitative estimate of drug-likeness (QED) is 0.140. The number of aliphatic hydroxyl groups excluding tert-OH is 1. The van der Waals surface area contributed by atoms with Crippen molar-refractivity contribution in [3.05, 3.63) is 80.8 Å². The number of nitrogens with zero attached hydrogens (tertiary/aromatic N) is 7. The molecule has 2 fully saturated rings. The number of carbonyl (C=O) groups is 2. The van der Waals surface area contributed by atoms with E-state index in [1.165, 1.54) is 0 Å². The van der Waals surface area contributed by atoms with Crippen LogP contribution >= 0.6 is 103 Å². The summed E-state index contributed by atoms with van der Waals surface area (Å²) in [6.07, 6.45) is 0. The maximum Gasteiger partial charge on any atom is 0.244 e. The van der Waals surface area contributed by atoms with Crippen molar-refractivity contribution in [2.45, 2.75) is 41.9 Å². The SMILES string of the molecule is C.C.COc1cc(N2CCN(C(=O)Cn3nc(I)c(Cl)c3C)CC2)ccc1Cl.Cc1[nH]nc(I)c1Cl.O=C(CCl)N1CCN(c2ccc(Cl)c(CO)c2)CC1. The minimum atomic E-state index is -0.0721. The number of H-pyrrole nitrogens is 1. The van der Waals surface area contributed by atoms with Crippen molar-refractivity contribution in [2.75, 3.05) is 75.1 Å². The normalized spacial score (nSPS) is 13.8. The molecule has 12 nitrogen and oxygen atoms in total. The first kappa shape index (κ1) is 49.2. The number of halogens is 7. The molecule has 0 bridgehead atoms. The molecule has 2 aromatic heterocycles. The first-order valence-electron chi connectivity index (χ1n) is 16.4. The topological polar surface area (TPSA) is 123 Å². The fourth-order valence-corrected chi connectivity index (χ4v) is 7.43. The van der Waals surface area contributed by atoms with Gasteiger partial charge in [0.1, 0.15) is 25.6 Å². The molecular formula is C36H47Cl5I2N8O4. The minimum Gasteiger partial charge on any atom is -0.495 e. The van der Waals surface area contributed by atoms with Crippen molar-refractivity contribution < 1.29 is 19.4 Å². The van der Waals surface area contributed by atoms with Gasteiger partial charge in [-0.05, 0) is 94.9 Å². The first-order valence-corrected chi connectivity index (χ1v) is 20.6. The standard InChI is InChI=1S/C17H19Cl2IN4O2.C13H16Cl2N2O2.C4H4ClIN2.2CH4/c1-11-16(19)17(20)21-24(11)10-15(25)23-7-5-22(6-8-23)12-3-4-13(18)14(9-12)26-2;14-8-13(19)17-5-3-16(4-6-17)11-1-2-12(15)10(7-11)9-18;1-2-3(5)4(6)8-7-2;;/h3-4,9H,5-8,10H2,1-2H3;1-2,7,18H,3-6,8-9H2;1H3,(H,7,8);2*1H4. The molecule has 2 aliphatic heterocycles. The van der Waals surface area contributed by atoms with Gasteiger partial charge in [-0.25, -0.2) is 0 Å². The van der Waals surface area contributed by atoms with Gasteiger partial charge in [0.2, 0.25) is 11.8 Å². The van der Waals surface area contributed by atoms with Gasteiger partial charge in [-0.3, -0.25) is 19.4 Å². The number of rotatable bonds is 7. The van der Waals surface area contributed by atoms with Crippen molar-refractivity contribution in [1.82, 2.24) is 29.8 Å². The summed E-state index contributed by atoms with van der Waals surface area (Å²) >= 11 is 33.6. The lowest BCUT2D eigenvalue weighted by Crippen LogP contribution is -2.49. The zero-order chi connectivity index (χ0) is 38.8. The van der Waals surface area contributed by atoms with Crippen LogP contribution in [0.2, 0.25) is 20.1 Å². The number of aromatic nitrogens is 4. The Bertz CT molecular complexity index is 1850. The van der Waals surface area contributed by atoms with Crippen LogP contribution in [0.25, 0.3) is 0 Å². The molecule has 2 amide bonds. The maximum atomic E-state index is 12.6. The molecule has 2 aliphatic rings. The Kier molecular flexibility index (Phi) is 21.0. The molecule has 2 aromatic carbocycles. The Balaban J connectivity index is 0.000000316. The lowest BCUT2D eigenvalue weighted by atomic mass is 10.1. The summed E-state index contributed by atoms with van der Waals surface area (Å²) in [5.41, 5.74) is 4.53. The molecule has 4 heterocycles. The van der Waals surface area contributed by atoms with Crippen LogP contribution < -0.4 is 14.5 Å². The van der Waals surface area contributed by atoms with Gasteiger partial charge in [-0.1, -0.05) is 61.3 Å². The second-order valence-electron chi connectivity index (χ2n) is 11.9. The Morgan fingerprint density at radius 3 is 1.75 bits per heavy atom. The van der Waals surface area contributed by atoms with Crippen LogP contribution in [0.4, 0.5) is 11.4 Å². The second-order valence-corrected chi connectivity index (χ2v) is 15.8. The highest BCUT2D eigenvalue weighted by Gasteiger charge is 2.24. The maximum absolute atomic E-state index is 12.6. The van der Waals surface area contributed by atoms with Crippen molar-refractivity contribution in [3.63, 3.8) is 0 Å². The molecule has 0 aliphatic carbocycles. The summed E-state index contributed by atoms with van der Waals surface area (Å²) in [6, 6.07) is 11.3. The molecule has 304 valence electrons. The number of carbonyl (C=O) groups excluding carboxylic acids is 2. The first-order chi connectivity index (χ1) is 25.3. The number of anilines is 2. The lowest BCUT2D eigenvalue weighted by Gasteiger charge is -2.36. The number of aliphatic hydroxyl groups is 1. The molecule has 0 saturated carbocycles. The van der Waals surface area contributed by atoms with E-state index in [0.717, 1.165) is 66.9 Å². The third-order valence-corrected chi connectivity index (χ3v) is 12.7. The summed E-state index contributed by atoms with van der Waals surface area (Å²) in [5, 5.41) is 22.6. The molecule has 19 heteroatoms. The number of methoxy groups -OCH3 is 1. The number of aryl methyl sites for hydroxylation is 1. The number of hydrogen-bond donors (Lipinski definition) is 2. The Morgan fingerprint density at radius 1 is 0.800 bits per heavy atom. The third-order valence-electron chi connectivity index (χ3n) is 8.66. The van der Waals surface area contributed by atoms with E-state index in [0.29, 0.717) is 47.0 Å². The van der Waals surface area contributed by atoms with Crippen LogP contribution in [0.5, 0.6) is 5.75 Å². The number of nitrogens with one attached hydrogen (secondary N) is 1. The van der Waals surface area contributed by atoms with Crippen molar-refractivity contribution in [3.8, 4) is 5.75 Å². The van der Waals surface area contributed by atoms with Gasteiger partial charge in [0.05, 0.1) is 40.2 Å². The molecule has 0 spiro atoms. The number of hydrogen-bond acceptors (Lipinski definition) is 8. The second kappa shape index (κ2) is 23.5. The van der Waals surface area contributed by atoms with E-state index in [2.05, 4.69) is 70.3 Å². The molecule has 0 atom stereocenters. The highest BCUT2D eigenvalue weighted by atomic mass is 127. The largest absolute Gasteiger partial charge is 0.495 e. The highest BCUT2D eigenvalue weighted by Crippen LogP contribution is 2.30. The molecule has 0 unspecified atom stereocenters. The summed E-state index contributed by atoms with van der Waals surface area (Å²) in [4.78, 5) is 32.1. The Morgan fingerprint density at radius 2 is 1.33 bits per heavy atom. The number of alkyl halides is 1. The van der Waals surface area contributed by atoms with Crippen LogP contribution in [-0.4, -0.2) is 112 Å². The number of ether oxygens (including phenoxy) is 1. The van der Waals surface area contributed by atoms with Crippen LogP contribution in [0.3, 0.4) is 0 Å². The van der Waals surface area contributed by atoms with Crippen LogP contribution in [0.15, 0.2) is 36.4 Å². The summed E-state index contributed by atoms with van der Waals surface area (Å²) in [7, 11) is 1.60. The fourth-order valence-electron chi connectivity index (χ4n) is 5.49. The Hall–Kier alpha value is -1.93. The van der Waals surface area contributed by atoms with Gasteiger partial charge in [0.15, 0.2) is 0 Å². The Labute approximate surface area is 375 Å². The van der Waals surface area contributed by atoms with Gasteiger partial charge >= 0.3 is 0 Å². The molecular weight excluding hydrogens is 1040 g/mol. The average Bonchev–Trinajstić information content (AvgIpc) is 3.60. The molecule has 6 rings (SSSR count). The summed E-state index contributed by atoms with van der Waals surface area (Å²) in [5.74, 6) is 0.726. The molecule has 55 heavy (non-hydrogen) atoms. The zero-order valence-corrected chi connectivity index (χ0v) is 37.3. The van der Waals surface area contributed by atoms with Gasteiger partial charge in [0, 0.05) is 74.8 Å². The smallest absolute Gasteiger partial charge is 0.244 e. The van der Waals surface area contributed by atoms with Crippen molar-refractivity contribution >= 4 is 126 Å². The van der Waals surface area contributed by atoms with E-state index in [1.54, 1.807) is 22.8 Å². The molecule has 4 aromatic rings. The van der Waals surface area contributed by atoms with Gasteiger partial charge in [0.25, 0.3) is 0 Å². The number of amides is 2. The number of benzene rings is 2. The van der Waals surface area contributed by atoms with Crippen LogP contribution in [-0.2, 0) is 22.7 Å². The number of aromatic amines is 1. The minimum absolute atomic E-state index is 0. The summed E-state index contributed by atoms with van der Waals surface area (Å²) in [6.45, 7) is 9.59. The predicted octanol–water partition coefficient (Wildman–Crippen LogP) is 8.43. The average molecular weight is 1090 g/mol. The lowest BCUT2D eigenvalue weighted by molar-refractivity contribution is -0.132.